The van der Waals surface area contributed by atoms with Crippen molar-refractivity contribution in [2.24, 2.45) is 0 Å². The largest absolute Gasteiger partial charge is 0.333 e. The zero-order chi connectivity index (χ0) is 39.0. The van der Waals surface area contributed by atoms with E-state index in [4.69, 9.17) is 4.98 Å². The first-order valence-electron chi connectivity index (χ1n) is 19.6. The number of imidazole rings is 1. The van der Waals surface area contributed by atoms with Gasteiger partial charge >= 0.3 is 0 Å². The maximum atomic E-state index is 5.30. The smallest absolute Gasteiger partial charge is 0.0795 e. The molecule has 0 bridgehead atoms. The number of hydrogen-bond donors (Lipinski definition) is 0. The first-order chi connectivity index (χ1) is 27.1. The summed E-state index contributed by atoms with van der Waals surface area (Å²) in [6.07, 6.45) is 2.02. The van der Waals surface area contributed by atoms with Gasteiger partial charge in [0.1, 0.15) is 0 Å². The average molecular weight is 954 g/mol. The van der Waals surface area contributed by atoms with Gasteiger partial charge in [-0.25, -0.2) is 0 Å². The molecule has 0 saturated heterocycles. The van der Waals surface area contributed by atoms with Crippen LogP contribution in [0.4, 0.5) is 0 Å². The summed E-state index contributed by atoms with van der Waals surface area (Å²) in [6, 6.07) is 56.0. The molecule has 0 aliphatic carbocycles. The number of thiophene rings is 1. The van der Waals surface area contributed by atoms with Crippen LogP contribution in [0.25, 0.3) is 70.7 Å². The van der Waals surface area contributed by atoms with Crippen LogP contribution in [0.15, 0.2) is 146 Å². The van der Waals surface area contributed by atoms with Crippen molar-refractivity contribution in [1.29, 1.82) is 0 Å². The minimum Gasteiger partial charge on any atom is -0.333 e. The van der Waals surface area contributed by atoms with E-state index >= 15 is 0 Å². The van der Waals surface area contributed by atoms with E-state index in [1.54, 1.807) is 0 Å². The molecule has 0 atom stereocenters. The summed E-state index contributed by atoms with van der Waals surface area (Å²) < 4.78 is 4.95. The molecule has 6 aromatic carbocycles. The van der Waals surface area contributed by atoms with Crippen LogP contribution >= 0.6 is 11.3 Å². The summed E-state index contributed by atoms with van der Waals surface area (Å²) in [6.45, 7) is 16.2. The van der Waals surface area contributed by atoms with Crippen molar-refractivity contribution in [3.63, 3.8) is 0 Å². The molecule has 0 fully saturated rings. The van der Waals surface area contributed by atoms with Gasteiger partial charge in [-0.3, -0.25) is 4.98 Å². The summed E-state index contributed by atoms with van der Waals surface area (Å²) >= 11 is 1.83. The second kappa shape index (κ2) is 16.9. The van der Waals surface area contributed by atoms with E-state index in [1.807, 2.05) is 41.8 Å². The molecule has 0 aliphatic heterocycles. The number of benzene rings is 6. The normalized spacial score (nSPS) is 11.6. The van der Waals surface area contributed by atoms with E-state index in [2.05, 4.69) is 184 Å². The third kappa shape index (κ3) is 8.10. The van der Waals surface area contributed by atoms with Crippen molar-refractivity contribution >= 4 is 55.8 Å². The van der Waals surface area contributed by atoms with Gasteiger partial charge in [0.15, 0.2) is 0 Å². The van der Waals surface area contributed by atoms with Crippen molar-refractivity contribution in [2.45, 2.75) is 59.2 Å². The van der Waals surface area contributed by atoms with Crippen LogP contribution in [-0.2, 0) is 20.1 Å². The zero-order valence-electron chi connectivity index (χ0n) is 33.6. The van der Waals surface area contributed by atoms with E-state index < -0.39 is 8.07 Å². The van der Waals surface area contributed by atoms with Gasteiger partial charge in [0, 0.05) is 36.7 Å². The van der Waals surface area contributed by atoms with Crippen molar-refractivity contribution in [1.82, 2.24) is 14.5 Å². The molecule has 6 heteroatoms. The van der Waals surface area contributed by atoms with Crippen molar-refractivity contribution < 1.29 is 20.1 Å². The molecule has 1 radical (unpaired) electrons. The van der Waals surface area contributed by atoms with Gasteiger partial charge < -0.3 is 9.55 Å². The van der Waals surface area contributed by atoms with Crippen molar-refractivity contribution in [3.8, 4) is 39.5 Å². The number of aromatic nitrogens is 3. The number of hydrogen-bond acceptors (Lipinski definition) is 3. The van der Waals surface area contributed by atoms with E-state index in [9.17, 15) is 0 Å². The van der Waals surface area contributed by atoms with Gasteiger partial charge in [0.2, 0.25) is 0 Å². The predicted octanol–water partition coefficient (Wildman–Crippen LogP) is 13.9. The van der Waals surface area contributed by atoms with Gasteiger partial charge in [-0.2, -0.15) is 11.3 Å². The Morgan fingerprint density at radius 2 is 1.33 bits per heavy atom. The molecule has 0 N–H and O–H groups in total. The van der Waals surface area contributed by atoms with E-state index in [0.29, 0.717) is 11.8 Å². The quantitative estimate of drug-likeness (QED) is 0.118. The van der Waals surface area contributed by atoms with Crippen LogP contribution in [0, 0.1) is 12.1 Å². The Hall–Kier alpha value is -4.97. The summed E-state index contributed by atoms with van der Waals surface area (Å²) in [7, 11) is -1.23. The van der Waals surface area contributed by atoms with Crippen LogP contribution in [0.5, 0.6) is 0 Å². The van der Waals surface area contributed by atoms with Gasteiger partial charge in [0.25, 0.3) is 0 Å². The van der Waals surface area contributed by atoms with Crippen LogP contribution in [0.3, 0.4) is 0 Å². The molecule has 287 valence electrons. The Kier molecular flexibility index (Phi) is 11.9. The zero-order valence-corrected chi connectivity index (χ0v) is 37.8. The summed E-state index contributed by atoms with van der Waals surface area (Å²) in [5.74, 6) is 1.61. The van der Waals surface area contributed by atoms with Crippen LogP contribution in [0.2, 0.25) is 19.6 Å². The average Bonchev–Trinajstić information content (AvgIpc) is 3.80. The Balaban J connectivity index is 0.000000246. The van der Waals surface area contributed by atoms with E-state index in [-0.39, 0.29) is 20.1 Å². The minimum absolute atomic E-state index is 0. The number of para-hydroxylation sites is 2. The third-order valence-electron chi connectivity index (χ3n) is 10.5. The fourth-order valence-corrected chi connectivity index (χ4v) is 9.67. The number of nitrogens with zero attached hydrogens (tertiary/aromatic N) is 3. The number of pyridine rings is 1. The Morgan fingerprint density at radius 3 is 2.00 bits per heavy atom. The molecule has 0 unspecified atom stereocenters. The molecule has 57 heavy (non-hydrogen) atoms. The van der Waals surface area contributed by atoms with Crippen molar-refractivity contribution in [2.75, 3.05) is 0 Å². The number of fused-ring (bicyclic) bond motifs is 4. The second-order valence-corrected chi connectivity index (χ2v) is 22.2. The van der Waals surface area contributed by atoms with E-state index in [0.717, 1.165) is 33.7 Å². The fourth-order valence-electron chi connectivity index (χ4n) is 7.44. The van der Waals surface area contributed by atoms with Gasteiger partial charge in [-0.1, -0.05) is 131 Å². The molecular formula is C51H47IrN3SSi-2. The maximum absolute atomic E-state index is 5.30. The van der Waals surface area contributed by atoms with Crippen LogP contribution in [0.1, 0.15) is 50.7 Å². The topological polar surface area (TPSA) is 30.7 Å². The van der Waals surface area contributed by atoms with Crippen LogP contribution in [-0.4, -0.2) is 22.6 Å². The Bertz CT molecular complexity index is 2750. The standard InChI is InChI=1S/C37H31N2S.C14H16NSi.Ir/c1-23(2)30-21-26(25-13-6-5-7-14-25)22-31(24(3)4)35(30)39-33-19-10-9-18-32(33)38-37(39)29-17-12-16-28-27-15-8-11-20-34(27)40-36(28)29;1-16(2,3)13-9-10-14(15-11-13)12-7-5-4-6-8-12;/h5-16,18-24H,1-4H3;4-7,9-11H,1-3H3;/q2*-1;. The SMILES string of the molecule is CC(C)c1cc(-c2ccccc2)cc(C(C)C)c1-n1c(-c2[c-]ccc3c2sc2ccccc23)nc2ccccc21.C[Si](C)(C)c1ccc(-c2[c-]cccc2)nc1.[Ir]. The predicted molar refractivity (Wildman–Crippen MR) is 243 cm³/mol. The summed E-state index contributed by atoms with van der Waals surface area (Å²) in [4.78, 5) is 9.82. The molecule has 3 aromatic heterocycles. The molecule has 0 aliphatic rings. The third-order valence-corrected chi connectivity index (χ3v) is 13.7. The molecule has 0 saturated carbocycles. The van der Waals surface area contributed by atoms with E-state index in [1.165, 1.54) is 53.3 Å². The van der Waals surface area contributed by atoms with Gasteiger partial charge in [0.05, 0.1) is 24.9 Å². The number of rotatable bonds is 7. The second-order valence-electron chi connectivity index (χ2n) is 16.1. The van der Waals surface area contributed by atoms with Crippen LogP contribution < -0.4 is 5.19 Å². The Labute approximate surface area is 355 Å². The molecule has 3 heterocycles. The van der Waals surface area contributed by atoms with Gasteiger partial charge in [-0.05, 0) is 85.4 Å². The fraction of sp³-hybridized carbons (Fsp3) is 0.176. The molecule has 0 spiro atoms. The minimum atomic E-state index is -1.23. The molecule has 3 nitrogen and oxygen atoms in total. The summed E-state index contributed by atoms with van der Waals surface area (Å²) in [5.41, 5.74) is 11.7. The molecular weight excluding hydrogens is 907 g/mol. The van der Waals surface area contributed by atoms with Crippen molar-refractivity contribution in [3.05, 3.63) is 169 Å². The summed E-state index contributed by atoms with van der Waals surface area (Å²) in [5, 5.41) is 3.95. The monoisotopic (exact) mass is 954 g/mol. The molecule has 9 rings (SSSR count). The van der Waals surface area contributed by atoms with Gasteiger partial charge in [-0.15, -0.1) is 54.1 Å². The molecule has 0 amide bonds. The maximum Gasteiger partial charge on any atom is 0.0795 e. The molecule has 9 aromatic rings. The first kappa shape index (κ1) is 40.2. The Morgan fingerprint density at radius 1 is 0.649 bits per heavy atom. The first-order valence-corrected chi connectivity index (χ1v) is 23.9.